The Morgan fingerprint density at radius 2 is 1.50 bits per heavy atom. The van der Waals surface area contributed by atoms with Gasteiger partial charge in [0.05, 0.1) is 18.8 Å². The Balaban J connectivity index is 1.25. The third kappa shape index (κ3) is 5.48. The molecule has 0 aliphatic carbocycles. The van der Waals surface area contributed by atoms with Crippen LogP contribution in [0.2, 0.25) is 0 Å². The molecular weight excluding hydrogens is 276 g/mol. The topological polar surface area (TPSA) is 24.9 Å². The summed E-state index contributed by atoms with van der Waals surface area (Å²) in [5.74, 6) is 0. The highest BCUT2D eigenvalue weighted by atomic mass is 16.5. The molecule has 4 heteroatoms. The van der Waals surface area contributed by atoms with E-state index < -0.39 is 0 Å². The average molecular weight is 310 g/mol. The molecule has 1 atom stereocenters. The van der Waals surface area contributed by atoms with Crippen LogP contribution in [0.1, 0.15) is 51.4 Å². The van der Waals surface area contributed by atoms with E-state index in [1.807, 2.05) is 0 Å². The highest BCUT2D eigenvalue weighted by Crippen LogP contribution is 2.18. The second kappa shape index (κ2) is 9.21. The first kappa shape index (κ1) is 16.7. The molecule has 4 nitrogen and oxygen atoms in total. The van der Waals surface area contributed by atoms with Crippen molar-refractivity contribution in [2.75, 3.05) is 52.5 Å². The summed E-state index contributed by atoms with van der Waals surface area (Å²) < 4.78 is 11.9. The number of ether oxygens (including phenoxy) is 2. The molecule has 3 aliphatic rings. The number of rotatable bonds is 6. The van der Waals surface area contributed by atoms with Gasteiger partial charge in [-0.3, -0.25) is 0 Å². The molecule has 3 saturated heterocycles. The van der Waals surface area contributed by atoms with Crippen LogP contribution in [0.25, 0.3) is 0 Å². The molecule has 0 amide bonds. The van der Waals surface area contributed by atoms with Crippen molar-refractivity contribution < 1.29 is 9.47 Å². The van der Waals surface area contributed by atoms with Crippen LogP contribution < -0.4 is 0 Å². The van der Waals surface area contributed by atoms with Crippen LogP contribution in [0.4, 0.5) is 0 Å². The van der Waals surface area contributed by atoms with Gasteiger partial charge in [-0.25, -0.2) is 0 Å². The second-order valence-corrected chi connectivity index (χ2v) is 7.27. The Morgan fingerprint density at radius 1 is 0.773 bits per heavy atom. The van der Waals surface area contributed by atoms with Crippen LogP contribution in [0, 0.1) is 0 Å². The van der Waals surface area contributed by atoms with Gasteiger partial charge in [-0.15, -0.1) is 0 Å². The maximum atomic E-state index is 6.10. The van der Waals surface area contributed by atoms with E-state index in [9.17, 15) is 0 Å². The lowest BCUT2D eigenvalue weighted by atomic mass is 10.1. The second-order valence-electron chi connectivity index (χ2n) is 7.27. The Kier molecular flexibility index (Phi) is 6.99. The Morgan fingerprint density at radius 3 is 2.18 bits per heavy atom. The zero-order valence-corrected chi connectivity index (χ0v) is 14.2. The van der Waals surface area contributed by atoms with Crippen LogP contribution >= 0.6 is 0 Å². The van der Waals surface area contributed by atoms with Gasteiger partial charge in [-0.05, 0) is 58.0 Å². The van der Waals surface area contributed by atoms with E-state index in [0.29, 0.717) is 12.2 Å². The summed E-state index contributed by atoms with van der Waals surface area (Å²) in [5, 5.41) is 0. The lowest BCUT2D eigenvalue weighted by molar-refractivity contribution is -0.0751. The summed E-state index contributed by atoms with van der Waals surface area (Å²) >= 11 is 0. The molecular formula is C18H34N2O2. The summed E-state index contributed by atoms with van der Waals surface area (Å²) in [6, 6.07) is 0. The lowest BCUT2D eigenvalue weighted by Gasteiger charge is -2.35. The van der Waals surface area contributed by atoms with Crippen molar-refractivity contribution in [3.05, 3.63) is 0 Å². The molecule has 0 spiro atoms. The van der Waals surface area contributed by atoms with Gasteiger partial charge in [0.15, 0.2) is 0 Å². The minimum atomic E-state index is 0.367. The minimum Gasteiger partial charge on any atom is -0.376 e. The van der Waals surface area contributed by atoms with Crippen LogP contribution in [0.3, 0.4) is 0 Å². The van der Waals surface area contributed by atoms with Crippen molar-refractivity contribution >= 4 is 0 Å². The first-order chi connectivity index (χ1) is 10.9. The summed E-state index contributed by atoms with van der Waals surface area (Å²) in [7, 11) is 0. The maximum absolute atomic E-state index is 6.10. The van der Waals surface area contributed by atoms with Gasteiger partial charge in [0, 0.05) is 32.8 Å². The monoisotopic (exact) mass is 310 g/mol. The minimum absolute atomic E-state index is 0.367. The Labute approximate surface area is 136 Å². The molecule has 3 rings (SSSR count). The average Bonchev–Trinajstić information content (AvgIpc) is 2.61. The fourth-order valence-electron chi connectivity index (χ4n) is 3.95. The SMILES string of the molecule is C1CCN(CCN2CCC(OCC3CCCCO3)CC2)CC1. The zero-order chi connectivity index (χ0) is 15.0. The summed E-state index contributed by atoms with van der Waals surface area (Å²) in [6.45, 7) is 9.33. The summed E-state index contributed by atoms with van der Waals surface area (Å²) in [4.78, 5) is 5.28. The molecule has 0 saturated carbocycles. The molecule has 0 aromatic heterocycles. The fraction of sp³-hybridized carbons (Fsp3) is 1.00. The van der Waals surface area contributed by atoms with E-state index in [4.69, 9.17) is 9.47 Å². The lowest BCUT2D eigenvalue weighted by Crippen LogP contribution is -2.43. The van der Waals surface area contributed by atoms with Gasteiger partial charge in [-0.1, -0.05) is 6.42 Å². The van der Waals surface area contributed by atoms with Crippen molar-refractivity contribution in [2.45, 2.75) is 63.6 Å². The van der Waals surface area contributed by atoms with Gasteiger partial charge in [0.2, 0.25) is 0 Å². The van der Waals surface area contributed by atoms with Crippen LogP contribution in [-0.4, -0.2) is 74.5 Å². The quantitative estimate of drug-likeness (QED) is 0.753. The van der Waals surface area contributed by atoms with E-state index in [1.165, 1.54) is 90.6 Å². The highest BCUT2D eigenvalue weighted by molar-refractivity contribution is 4.75. The predicted octanol–water partition coefficient (Wildman–Crippen LogP) is 2.52. The number of hydrogen-bond acceptors (Lipinski definition) is 4. The van der Waals surface area contributed by atoms with Gasteiger partial charge < -0.3 is 19.3 Å². The van der Waals surface area contributed by atoms with Gasteiger partial charge in [0.25, 0.3) is 0 Å². The van der Waals surface area contributed by atoms with Crippen molar-refractivity contribution in [1.29, 1.82) is 0 Å². The molecule has 0 N–H and O–H groups in total. The molecule has 0 aromatic carbocycles. The van der Waals surface area contributed by atoms with E-state index in [0.717, 1.165) is 13.2 Å². The van der Waals surface area contributed by atoms with Crippen molar-refractivity contribution in [3.63, 3.8) is 0 Å². The third-order valence-electron chi connectivity index (χ3n) is 5.51. The fourth-order valence-corrected chi connectivity index (χ4v) is 3.95. The molecule has 0 radical (unpaired) electrons. The Bertz CT molecular complexity index is 263. The predicted molar refractivity (Wildman–Crippen MR) is 89.3 cm³/mol. The molecule has 3 aliphatic heterocycles. The molecule has 3 fully saturated rings. The van der Waals surface area contributed by atoms with Crippen molar-refractivity contribution in [1.82, 2.24) is 9.80 Å². The van der Waals surface area contributed by atoms with E-state index >= 15 is 0 Å². The van der Waals surface area contributed by atoms with Crippen LogP contribution in [-0.2, 0) is 9.47 Å². The first-order valence-electron chi connectivity index (χ1n) is 9.58. The van der Waals surface area contributed by atoms with Crippen molar-refractivity contribution in [3.8, 4) is 0 Å². The molecule has 1 unspecified atom stereocenters. The number of nitrogens with zero attached hydrogens (tertiary/aromatic N) is 2. The van der Waals surface area contributed by atoms with Gasteiger partial charge in [-0.2, -0.15) is 0 Å². The molecule has 0 aromatic rings. The van der Waals surface area contributed by atoms with Gasteiger partial charge in [0.1, 0.15) is 0 Å². The maximum Gasteiger partial charge on any atom is 0.0808 e. The van der Waals surface area contributed by atoms with E-state index in [1.54, 1.807) is 0 Å². The third-order valence-corrected chi connectivity index (χ3v) is 5.51. The zero-order valence-electron chi connectivity index (χ0n) is 14.2. The number of hydrogen-bond donors (Lipinski definition) is 0. The largest absolute Gasteiger partial charge is 0.376 e. The van der Waals surface area contributed by atoms with Crippen LogP contribution in [0.15, 0.2) is 0 Å². The standard InChI is InChI=1S/C18H34N2O2/c1-3-9-19(10-4-1)13-14-20-11-7-17(8-12-20)22-16-18-6-2-5-15-21-18/h17-18H,1-16H2. The highest BCUT2D eigenvalue weighted by Gasteiger charge is 2.22. The summed E-state index contributed by atoms with van der Waals surface area (Å²) in [6.07, 6.45) is 11.2. The first-order valence-corrected chi connectivity index (χ1v) is 9.58. The van der Waals surface area contributed by atoms with E-state index in [-0.39, 0.29) is 0 Å². The smallest absolute Gasteiger partial charge is 0.0808 e. The normalized spacial score (nSPS) is 29.7. The Hall–Kier alpha value is -0.160. The molecule has 22 heavy (non-hydrogen) atoms. The van der Waals surface area contributed by atoms with Gasteiger partial charge >= 0.3 is 0 Å². The number of piperidine rings is 2. The van der Waals surface area contributed by atoms with Crippen molar-refractivity contribution in [2.24, 2.45) is 0 Å². The molecule has 128 valence electrons. The van der Waals surface area contributed by atoms with E-state index in [2.05, 4.69) is 9.80 Å². The number of likely N-dealkylation sites (tertiary alicyclic amines) is 2. The molecule has 0 bridgehead atoms. The van der Waals surface area contributed by atoms with Crippen LogP contribution in [0.5, 0.6) is 0 Å². The molecule has 3 heterocycles. The summed E-state index contributed by atoms with van der Waals surface area (Å²) in [5.41, 5.74) is 0.